The Bertz CT molecular complexity index is 615. The summed E-state index contributed by atoms with van der Waals surface area (Å²) < 4.78 is 0. The van der Waals surface area contributed by atoms with Crippen LogP contribution in [0.5, 0.6) is 0 Å². The summed E-state index contributed by atoms with van der Waals surface area (Å²) in [5, 5.41) is 16.8. The zero-order valence-corrected chi connectivity index (χ0v) is 14.3. The summed E-state index contributed by atoms with van der Waals surface area (Å²) in [6, 6.07) is 9.13. The van der Waals surface area contributed by atoms with Crippen molar-refractivity contribution >= 4 is 17.4 Å². The maximum Gasteiger partial charge on any atom is 0.315 e. The number of nitrogens with one attached hydrogen (secondary N) is 2. The number of carbonyl (C=O) groups is 1. The SMILES string of the molecule is Cc1cnc(CCNC(=O)N[C@H](C)C[C@H](O)c2ccccc2)s1. The van der Waals surface area contributed by atoms with Crippen LogP contribution in [0.4, 0.5) is 4.79 Å². The molecule has 5 nitrogen and oxygen atoms in total. The fourth-order valence-corrected chi connectivity index (χ4v) is 3.07. The maximum absolute atomic E-state index is 11.8. The van der Waals surface area contributed by atoms with Crippen molar-refractivity contribution in [3.8, 4) is 0 Å². The van der Waals surface area contributed by atoms with E-state index in [1.807, 2.05) is 50.4 Å². The van der Waals surface area contributed by atoms with Crippen molar-refractivity contribution in [3.05, 3.63) is 52.0 Å². The van der Waals surface area contributed by atoms with Crippen LogP contribution >= 0.6 is 11.3 Å². The van der Waals surface area contributed by atoms with Crippen molar-refractivity contribution in [2.24, 2.45) is 0 Å². The highest BCUT2D eigenvalue weighted by molar-refractivity contribution is 7.11. The van der Waals surface area contributed by atoms with Crippen LogP contribution in [0.2, 0.25) is 0 Å². The highest BCUT2D eigenvalue weighted by Crippen LogP contribution is 2.17. The quantitative estimate of drug-likeness (QED) is 0.729. The van der Waals surface area contributed by atoms with E-state index in [1.165, 1.54) is 4.88 Å². The smallest absolute Gasteiger partial charge is 0.315 e. The van der Waals surface area contributed by atoms with Gasteiger partial charge in [0.25, 0.3) is 0 Å². The van der Waals surface area contributed by atoms with E-state index in [1.54, 1.807) is 11.3 Å². The number of benzene rings is 1. The van der Waals surface area contributed by atoms with Crippen LogP contribution in [-0.4, -0.2) is 28.7 Å². The fourth-order valence-electron chi connectivity index (χ4n) is 2.28. The summed E-state index contributed by atoms with van der Waals surface area (Å²) in [6.45, 7) is 4.45. The summed E-state index contributed by atoms with van der Waals surface area (Å²) in [5.41, 5.74) is 0.862. The number of hydrogen-bond acceptors (Lipinski definition) is 4. The number of thiazole rings is 1. The molecule has 0 fully saturated rings. The van der Waals surface area contributed by atoms with Gasteiger partial charge in [0.15, 0.2) is 0 Å². The Morgan fingerprint density at radius 2 is 2.09 bits per heavy atom. The third kappa shape index (κ3) is 6.00. The van der Waals surface area contributed by atoms with Crippen molar-refractivity contribution in [1.82, 2.24) is 15.6 Å². The van der Waals surface area contributed by atoms with Gasteiger partial charge < -0.3 is 15.7 Å². The maximum atomic E-state index is 11.8. The predicted octanol–water partition coefficient (Wildman–Crippen LogP) is 2.81. The number of carbonyl (C=O) groups excluding carboxylic acids is 1. The van der Waals surface area contributed by atoms with Crippen LogP contribution in [-0.2, 0) is 6.42 Å². The summed E-state index contributed by atoms with van der Waals surface area (Å²) in [7, 11) is 0. The molecule has 2 atom stereocenters. The monoisotopic (exact) mass is 333 g/mol. The zero-order valence-electron chi connectivity index (χ0n) is 13.5. The number of nitrogens with zero attached hydrogens (tertiary/aromatic N) is 1. The predicted molar refractivity (Wildman–Crippen MR) is 92.6 cm³/mol. The van der Waals surface area contributed by atoms with Gasteiger partial charge in [-0.2, -0.15) is 0 Å². The molecule has 0 aliphatic carbocycles. The van der Waals surface area contributed by atoms with Gasteiger partial charge in [-0.15, -0.1) is 11.3 Å². The zero-order chi connectivity index (χ0) is 16.7. The second-order valence-corrected chi connectivity index (χ2v) is 6.90. The molecule has 2 amide bonds. The molecule has 0 spiro atoms. The van der Waals surface area contributed by atoms with E-state index in [9.17, 15) is 9.90 Å². The molecule has 1 aromatic carbocycles. The first-order valence-electron chi connectivity index (χ1n) is 7.73. The molecule has 0 saturated carbocycles. The highest BCUT2D eigenvalue weighted by Gasteiger charge is 2.14. The van der Waals surface area contributed by atoms with Crippen molar-refractivity contribution < 1.29 is 9.90 Å². The molecular weight excluding hydrogens is 310 g/mol. The molecule has 0 aliphatic heterocycles. The number of rotatable bonds is 7. The number of hydrogen-bond donors (Lipinski definition) is 3. The summed E-state index contributed by atoms with van der Waals surface area (Å²) in [4.78, 5) is 17.3. The molecular formula is C17H23N3O2S. The number of aliphatic hydroxyl groups is 1. The molecule has 6 heteroatoms. The van der Waals surface area contributed by atoms with Gasteiger partial charge in [-0.25, -0.2) is 9.78 Å². The number of urea groups is 1. The first kappa shape index (κ1) is 17.4. The lowest BCUT2D eigenvalue weighted by atomic mass is 10.0. The van der Waals surface area contributed by atoms with E-state index in [-0.39, 0.29) is 12.1 Å². The molecule has 0 unspecified atom stereocenters. The van der Waals surface area contributed by atoms with E-state index < -0.39 is 6.10 Å². The van der Waals surface area contributed by atoms with E-state index in [0.29, 0.717) is 13.0 Å². The average Bonchev–Trinajstić information content (AvgIpc) is 2.93. The molecule has 0 saturated heterocycles. The van der Waals surface area contributed by atoms with Crippen LogP contribution in [0.25, 0.3) is 0 Å². The standard InChI is InChI=1S/C17H23N3O2S/c1-12(10-15(21)14-6-4-3-5-7-14)20-17(22)18-9-8-16-19-11-13(2)23-16/h3-7,11-12,15,21H,8-10H2,1-2H3,(H2,18,20,22)/t12-,15+/m1/s1. The van der Waals surface area contributed by atoms with Crippen LogP contribution in [0.3, 0.4) is 0 Å². The van der Waals surface area contributed by atoms with Gasteiger partial charge in [0.1, 0.15) is 0 Å². The molecule has 2 aromatic rings. The average molecular weight is 333 g/mol. The Balaban J connectivity index is 1.68. The van der Waals surface area contributed by atoms with Crippen molar-refractivity contribution in [2.75, 3.05) is 6.54 Å². The van der Waals surface area contributed by atoms with Crippen molar-refractivity contribution in [3.63, 3.8) is 0 Å². The first-order chi connectivity index (χ1) is 11.0. The highest BCUT2D eigenvalue weighted by atomic mass is 32.1. The summed E-state index contributed by atoms with van der Waals surface area (Å²) in [5.74, 6) is 0. The van der Waals surface area contributed by atoms with Gasteiger partial charge in [-0.05, 0) is 25.8 Å². The third-order valence-corrected chi connectivity index (χ3v) is 4.40. The minimum Gasteiger partial charge on any atom is -0.388 e. The topological polar surface area (TPSA) is 74.2 Å². The normalized spacial score (nSPS) is 13.3. The molecule has 0 radical (unpaired) electrons. The molecule has 3 N–H and O–H groups in total. The van der Waals surface area contributed by atoms with Gasteiger partial charge in [0.05, 0.1) is 11.1 Å². The van der Waals surface area contributed by atoms with Gasteiger partial charge in [0.2, 0.25) is 0 Å². The van der Waals surface area contributed by atoms with Gasteiger partial charge in [-0.1, -0.05) is 30.3 Å². The Labute approximate surface area is 140 Å². The van der Waals surface area contributed by atoms with Crippen LogP contribution in [0.1, 0.15) is 34.9 Å². The minimum absolute atomic E-state index is 0.118. The summed E-state index contributed by atoms with van der Waals surface area (Å²) in [6.07, 6.45) is 2.47. The number of aromatic nitrogens is 1. The Kier molecular flexibility index (Phi) is 6.55. The molecule has 124 valence electrons. The van der Waals surface area contributed by atoms with Crippen molar-refractivity contribution in [2.45, 2.75) is 38.8 Å². The van der Waals surface area contributed by atoms with Crippen LogP contribution in [0, 0.1) is 6.92 Å². The van der Waals surface area contributed by atoms with E-state index in [2.05, 4.69) is 15.6 Å². The molecule has 0 bridgehead atoms. The van der Waals surface area contributed by atoms with Gasteiger partial charge in [-0.3, -0.25) is 0 Å². The lowest BCUT2D eigenvalue weighted by molar-refractivity contribution is 0.154. The van der Waals surface area contributed by atoms with Crippen LogP contribution in [0.15, 0.2) is 36.5 Å². The molecule has 1 aromatic heterocycles. The second-order valence-electron chi connectivity index (χ2n) is 5.58. The number of amides is 2. The van der Waals surface area contributed by atoms with E-state index in [0.717, 1.165) is 17.0 Å². The Hall–Kier alpha value is -1.92. The second kappa shape index (κ2) is 8.64. The Morgan fingerprint density at radius 3 is 2.74 bits per heavy atom. The molecule has 2 rings (SSSR count). The lowest BCUT2D eigenvalue weighted by Gasteiger charge is -2.18. The van der Waals surface area contributed by atoms with E-state index in [4.69, 9.17) is 0 Å². The van der Waals surface area contributed by atoms with Crippen LogP contribution < -0.4 is 10.6 Å². The van der Waals surface area contributed by atoms with Gasteiger partial charge >= 0.3 is 6.03 Å². The van der Waals surface area contributed by atoms with Gasteiger partial charge in [0, 0.05) is 30.1 Å². The van der Waals surface area contributed by atoms with E-state index >= 15 is 0 Å². The third-order valence-electron chi connectivity index (χ3n) is 3.43. The Morgan fingerprint density at radius 1 is 1.35 bits per heavy atom. The largest absolute Gasteiger partial charge is 0.388 e. The fraction of sp³-hybridized carbons (Fsp3) is 0.412. The molecule has 23 heavy (non-hydrogen) atoms. The number of aryl methyl sites for hydroxylation is 1. The number of aliphatic hydroxyl groups excluding tert-OH is 1. The minimum atomic E-state index is -0.579. The lowest BCUT2D eigenvalue weighted by Crippen LogP contribution is -2.42. The van der Waals surface area contributed by atoms with Crippen molar-refractivity contribution in [1.29, 1.82) is 0 Å². The molecule has 1 heterocycles. The summed E-state index contributed by atoms with van der Waals surface area (Å²) >= 11 is 1.64. The first-order valence-corrected chi connectivity index (χ1v) is 8.55. The molecule has 0 aliphatic rings.